The molecule has 0 aliphatic heterocycles. The van der Waals surface area contributed by atoms with Crippen molar-refractivity contribution in [3.8, 4) is 0 Å². The van der Waals surface area contributed by atoms with Gasteiger partial charge in [0, 0.05) is 6.42 Å². The lowest BCUT2D eigenvalue weighted by molar-refractivity contribution is -0.123. The second-order valence-corrected chi connectivity index (χ2v) is 10.5. The maximum atomic E-state index is 12.2. The molecule has 224 valence electrons. The molecular formula is C35H61NO3. The van der Waals surface area contributed by atoms with E-state index in [1.165, 1.54) is 57.8 Å². The average Bonchev–Trinajstić information content (AvgIpc) is 2.94. The molecule has 0 spiro atoms. The fraction of sp³-hybridized carbons (Fsp3) is 0.686. The van der Waals surface area contributed by atoms with Crippen LogP contribution >= 0.6 is 0 Å². The van der Waals surface area contributed by atoms with E-state index in [0.29, 0.717) is 6.42 Å². The molecule has 0 aliphatic carbocycles. The first-order valence-electron chi connectivity index (χ1n) is 16.0. The molecule has 4 nitrogen and oxygen atoms in total. The molecule has 0 aromatic rings. The van der Waals surface area contributed by atoms with E-state index < -0.39 is 12.1 Å². The summed E-state index contributed by atoms with van der Waals surface area (Å²) >= 11 is 0. The number of aliphatic hydroxyl groups is 2. The first-order chi connectivity index (χ1) is 19.2. The smallest absolute Gasteiger partial charge is 0.220 e. The van der Waals surface area contributed by atoms with Crippen molar-refractivity contribution in [1.82, 2.24) is 5.32 Å². The summed E-state index contributed by atoms with van der Waals surface area (Å²) in [4.78, 5) is 12.2. The minimum Gasteiger partial charge on any atom is -0.394 e. The molecule has 0 aliphatic rings. The number of amides is 1. The highest BCUT2D eigenvalue weighted by Gasteiger charge is 2.17. The molecule has 0 saturated heterocycles. The van der Waals surface area contributed by atoms with E-state index in [1.807, 2.05) is 6.08 Å². The van der Waals surface area contributed by atoms with E-state index in [1.54, 1.807) is 6.08 Å². The van der Waals surface area contributed by atoms with Gasteiger partial charge in [-0.1, -0.05) is 132 Å². The largest absolute Gasteiger partial charge is 0.394 e. The van der Waals surface area contributed by atoms with Crippen LogP contribution in [0.4, 0.5) is 0 Å². The van der Waals surface area contributed by atoms with Gasteiger partial charge in [0.2, 0.25) is 5.91 Å². The standard InChI is InChI=1S/C35H61NO3/c1-3-5-7-9-11-13-15-17-18-19-21-23-25-27-29-31-35(39)36-33(32-37)34(38)30-28-26-24-22-20-16-14-12-10-8-6-4-2/h5,7,11,13,17-18,21,23,28,30,33-34,37-38H,3-4,6,8-10,12,14-16,19-20,22,24-27,29,31-32H2,1-2H3,(H,36,39)/b7-5-,13-11-,18-17-,23-21-,30-28+. The van der Waals surface area contributed by atoms with Crippen LogP contribution in [0.5, 0.6) is 0 Å². The van der Waals surface area contributed by atoms with E-state index >= 15 is 0 Å². The van der Waals surface area contributed by atoms with Gasteiger partial charge >= 0.3 is 0 Å². The van der Waals surface area contributed by atoms with Crippen molar-refractivity contribution in [2.45, 2.75) is 148 Å². The lowest BCUT2D eigenvalue weighted by Gasteiger charge is -2.19. The van der Waals surface area contributed by atoms with Crippen molar-refractivity contribution in [2.75, 3.05) is 6.61 Å². The van der Waals surface area contributed by atoms with Crippen molar-refractivity contribution in [2.24, 2.45) is 0 Å². The number of unbranched alkanes of at least 4 members (excludes halogenated alkanes) is 12. The zero-order valence-electron chi connectivity index (χ0n) is 25.4. The van der Waals surface area contributed by atoms with Gasteiger partial charge in [0.1, 0.15) is 0 Å². The van der Waals surface area contributed by atoms with E-state index in [-0.39, 0.29) is 12.5 Å². The van der Waals surface area contributed by atoms with Crippen LogP contribution in [0.3, 0.4) is 0 Å². The Hall–Kier alpha value is -1.91. The summed E-state index contributed by atoms with van der Waals surface area (Å²) in [6.45, 7) is 4.13. The van der Waals surface area contributed by atoms with Crippen molar-refractivity contribution >= 4 is 5.91 Å². The summed E-state index contributed by atoms with van der Waals surface area (Å²) in [5, 5.41) is 22.7. The summed E-state index contributed by atoms with van der Waals surface area (Å²) in [5.41, 5.74) is 0. The fourth-order valence-electron chi connectivity index (χ4n) is 4.28. The predicted octanol–water partition coefficient (Wildman–Crippen LogP) is 9.06. The zero-order valence-corrected chi connectivity index (χ0v) is 25.4. The topological polar surface area (TPSA) is 69.6 Å². The quantitative estimate of drug-likeness (QED) is 0.0715. The third-order valence-corrected chi connectivity index (χ3v) is 6.76. The van der Waals surface area contributed by atoms with Gasteiger partial charge in [-0.15, -0.1) is 0 Å². The van der Waals surface area contributed by atoms with Crippen LogP contribution in [0.15, 0.2) is 60.8 Å². The van der Waals surface area contributed by atoms with Gasteiger partial charge in [-0.3, -0.25) is 4.79 Å². The number of nitrogens with one attached hydrogen (secondary N) is 1. The molecule has 1 amide bonds. The Morgan fingerprint density at radius 1 is 0.641 bits per heavy atom. The summed E-state index contributed by atoms with van der Waals surface area (Å²) in [7, 11) is 0. The van der Waals surface area contributed by atoms with Gasteiger partial charge in [-0.05, 0) is 57.8 Å². The van der Waals surface area contributed by atoms with E-state index in [0.717, 1.165) is 57.8 Å². The molecule has 0 fully saturated rings. The Morgan fingerprint density at radius 3 is 1.69 bits per heavy atom. The number of carbonyl (C=O) groups excluding carboxylic acids is 1. The molecule has 2 atom stereocenters. The van der Waals surface area contributed by atoms with Gasteiger partial charge in [0.15, 0.2) is 0 Å². The minimum absolute atomic E-state index is 0.110. The second-order valence-electron chi connectivity index (χ2n) is 10.5. The van der Waals surface area contributed by atoms with Crippen molar-refractivity contribution in [3.05, 3.63) is 60.8 Å². The highest BCUT2D eigenvalue weighted by molar-refractivity contribution is 5.76. The SMILES string of the molecule is CC/C=C\C/C=C\C/C=C\C/C=C\CCCCC(=O)NC(CO)C(O)/C=C/CCCCCCCCCCCC. The zero-order chi connectivity index (χ0) is 28.7. The highest BCUT2D eigenvalue weighted by atomic mass is 16.3. The first kappa shape index (κ1) is 37.1. The summed E-state index contributed by atoms with van der Waals surface area (Å²) < 4.78 is 0. The Morgan fingerprint density at radius 2 is 1.13 bits per heavy atom. The molecule has 0 heterocycles. The van der Waals surface area contributed by atoms with Crippen molar-refractivity contribution in [1.29, 1.82) is 0 Å². The minimum atomic E-state index is -0.855. The van der Waals surface area contributed by atoms with Crippen molar-refractivity contribution < 1.29 is 15.0 Å². The maximum Gasteiger partial charge on any atom is 0.220 e. The molecule has 0 bridgehead atoms. The van der Waals surface area contributed by atoms with Crippen LogP contribution in [0.1, 0.15) is 136 Å². The van der Waals surface area contributed by atoms with Crippen LogP contribution in [-0.2, 0) is 4.79 Å². The van der Waals surface area contributed by atoms with Crippen LogP contribution < -0.4 is 5.32 Å². The van der Waals surface area contributed by atoms with Crippen molar-refractivity contribution in [3.63, 3.8) is 0 Å². The number of hydrogen-bond acceptors (Lipinski definition) is 3. The second kappa shape index (κ2) is 30.6. The Labute approximate surface area is 241 Å². The fourth-order valence-corrected chi connectivity index (χ4v) is 4.28. The Kier molecular flexibility index (Phi) is 29.1. The summed E-state index contributed by atoms with van der Waals surface area (Å²) in [5.74, 6) is -0.110. The van der Waals surface area contributed by atoms with Crippen LogP contribution in [-0.4, -0.2) is 34.9 Å². The third kappa shape index (κ3) is 27.4. The van der Waals surface area contributed by atoms with Crippen LogP contribution in [0.25, 0.3) is 0 Å². The van der Waals surface area contributed by atoms with E-state index in [2.05, 4.69) is 67.8 Å². The monoisotopic (exact) mass is 543 g/mol. The molecule has 0 radical (unpaired) electrons. The average molecular weight is 544 g/mol. The highest BCUT2D eigenvalue weighted by Crippen LogP contribution is 2.12. The third-order valence-electron chi connectivity index (χ3n) is 6.76. The van der Waals surface area contributed by atoms with Crippen LogP contribution in [0, 0.1) is 0 Å². The predicted molar refractivity (Wildman–Crippen MR) is 170 cm³/mol. The molecule has 4 heteroatoms. The number of rotatable bonds is 27. The summed E-state index contributed by atoms with van der Waals surface area (Å²) in [6, 6.07) is -0.643. The van der Waals surface area contributed by atoms with E-state index in [4.69, 9.17) is 0 Å². The first-order valence-corrected chi connectivity index (χ1v) is 16.0. The molecule has 3 N–H and O–H groups in total. The molecular weight excluding hydrogens is 482 g/mol. The number of aliphatic hydroxyl groups excluding tert-OH is 2. The summed E-state index contributed by atoms with van der Waals surface area (Å²) in [6.07, 6.45) is 41.5. The molecule has 0 saturated carbocycles. The molecule has 0 rings (SSSR count). The number of hydrogen-bond donors (Lipinski definition) is 3. The van der Waals surface area contributed by atoms with Gasteiger partial charge in [-0.25, -0.2) is 0 Å². The molecule has 2 unspecified atom stereocenters. The van der Waals surface area contributed by atoms with Crippen LogP contribution in [0.2, 0.25) is 0 Å². The molecule has 39 heavy (non-hydrogen) atoms. The molecule has 0 aromatic heterocycles. The Bertz CT molecular complexity index is 677. The Balaban J connectivity index is 3.80. The lowest BCUT2D eigenvalue weighted by Crippen LogP contribution is -2.45. The maximum absolute atomic E-state index is 12.2. The molecule has 0 aromatic carbocycles. The van der Waals surface area contributed by atoms with Gasteiger partial charge < -0.3 is 15.5 Å². The van der Waals surface area contributed by atoms with Gasteiger partial charge in [-0.2, -0.15) is 0 Å². The lowest BCUT2D eigenvalue weighted by atomic mass is 10.1. The van der Waals surface area contributed by atoms with Gasteiger partial charge in [0.05, 0.1) is 18.8 Å². The number of carbonyl (C=O) groups is 1. The normalized spacial score (nSPS) is 14.1. The number of allylic oxidation sites excluding steroid dienone is 9. The van der Waals surface area contributed by atoms with Gasteiger partial charge in [0.25, 0.3) is 0 Å². The van der Waals surface area contributed by atoms with E-state index in [9.17, 15) is 15.0 Å².